The van der Waals surface area contributed by atoms with Gasteiger partial charge in [0, 0.05) is 13.1 Å². The Kier molecular flexibility index (Phi) is 4.28. The number of nitrogens with one attached hydrogen (secondary N) is 2. The molecular weight excluding hydrogens is 260 g/mol. The van der Waals surface area contributed by atoms with Crippen LogP contribution in [-0.4, -0.2) is 35.8 Å². The Balaban J connectivity index is 1.94. The third-order valence-electron chi connectivity index (χ3n) is 2.78. The fourth-order valence-corrected chi connectivity index (χ4v) is 1.78. The highest BCUT2D eigenvalue weighted by atomic mass is 16.2. The van der Waals surface area contributed by atoms with E-state index in [0.29, 0.717) is 24.7 Å². The van der Waals surface area contributed by atoms with Gasteiger partial charge in [-0.3, -0.25) is 10.00 Å². The second-order valence-electron chi connectivity index (χ2n) is 4.21. The van der Waals surface area contributed by atoms with E-state index in [9.17, 15) is 4.79 Å². The Bertz CT molecular complexity index is 574. The number of urea groups is 1. The number of nitrogens with zero attached hydrogens (tertiary/aromatic N) is 6. The number of carbonyl (C=O) groups excluding carboxylic acids is 1. The molecule has 2 N–H and O–H groups in total. The fourth-order valence-electron chi connectivity index (χ4n) is 1.78. The number of anilines is 1. The van der Waals surface area contributed by atoms with Crippen LogP contribution < -0.4 is 10.6 Å². The zero-order chi connectivity index (χ0) is 14.5. The summed E-state index contributed by atoms with van der Waals surface area (Å²) >= 11 is 0. The van der Waals surface area contributed by atoms with Crippen LogP contribution in [0.25, 0.3) is 0 Å². The minimum absolute atomic E-state index is 0.251. The average Bonchev–Trinajstić information content (AvgIpc) is 3.06. The average molecular weight is 278 g/mol. The number of carbonyl (C=O) groups is 1. The quantitative estimate of drug-likeness (QED) is 0.841. The summed E-state index contributed by atoms with van der Waals surface area (Å²) in [5, 5.41) is 17.2. The summed E-state index contributed by atoms with van der Waals surface area (Å²) < 4.78 is 3.37. The van der Waals surface area contributed by atoms with E-state index in [-0.39, 0.29) is 12.1 Å². The van der Waals surface area contributed by atoms with E-state index in [2.05, 4.69) is 31.0 Å². The molecule has 9 nitrogen and oxygen atoms in total. The van der Waals surface area contributed by atoms with Gasteiger partial charge in [0.15, 0.2) is 5.82 Å². The van der Waals surface area contributed by atoms with E-state index in [1.54, 1.807) is 15.6 Å². The monoisotopic (exact) mass is 278 g/mol. The zero-order valence-corrected chi connectivity index (χ0v) is 11.7. The maximum Gasteiger partial charge on any atom is 0.321 e. The van der Waals surface area contributed by atoms with Crippen LogP contribution in [0.4, 0.5) is 10.6 Å². The van der Waals surface area contributed by atoms with Gasteiger partial charge in [0.1, 0.15) is 12.2 Å². The third kappa shape index (κ3) is 3.11. The molecule has 0 fully saturated rings. The van der Waals surface area contributed by atoms with Crippen LogP contribution in [0.1, 0.15) is 32.6 Å². The lowest BCUT2D eigenvalue weighted by Crippen LogP contribution is -2.32. The minimum Gasteiger partial charge on any atom is -0.328 e. The Hall–Kier alpha value is -2.45. The Morgan fingerprint density at radius 2 is 2.20 bits per heavy atom. The van der Waals surface area contributed by atoms with E-state index in [1.807, 2.05) is 20.8 Å². The van der Waals surface area contributed by atoms with Crippen LogP contribution in [0.5, 0.6) is 0 Å². The summed E-state index contributed by atoms with van der Waals surface area (Å²) in [4.78, 5) is 16.0. The molecule has 2 aromatic rings. The van der Waals surface area contributed by atoms with Gasteiger partial charge in [-0.05, 0) is 20.8 Å². The maximum absolute atomic E-state index is 11.9. The van der Waals surface area contributed by atoms with Gasteiger partial charge in [0.2, 0.25) is 0 Å². The summed E-state index contributed by atoms with van der Waals surface area (Å²) in [6, 6.07) is -0.607. The molecule has 1 atom stereocenters. The van der Waals surface area contributed by atoms with Crippen molar-refractivity contribution in [2.24, 2.45) is 0 Å². The summed E-state index contributed by atoms with van der Waals surface area (Å²) in [6.07, 6.45) is 3.14. The first kappa shape index (κ1) is 14.0. The van der Waals surface area contributed by atoms with Crippen LogP contribution in [0.15, 0.2) is 12.5 Å². The van der Waals surface area contributed by atoms with Gasteiger partial charge in [-0.2, -0.15) is 5.10 Å². The van der Waals surface area contributed by atoms with Crippen molar-refractivity contribution >= 4 is 11.8 Å². The molecule has 20 heavy (non-hydrogen) atoms. The molecule has 2 rings (SSSR count). The number of aromatic nitrogens is 6. The lowest BCUT2D eigenvalue weighted by molar-refractivity contribution is 0.248. The number of aryl methyl sites for hydroxylation is 2. The van der Waals surface area contributed by atoms with Crippen molar-refractivity contribution < 1.29 is 4.79 Å². The van der Waals surface area contributed by atoms with Crippen LogP contribution in [0, 0.1) is 0 Å². The predicted octanol–water partition coefficient (Wildman–Crippen LogP) is 0.792. The van der Waals surface area contributed by atoms with Gasteiger partial charge >= 0.3 is 6.03 Å². The second kappa shape index (κ2) is 6.13. The second-order valence-corrected chi connectivity index (χ2v) is 4.21. The Labute approximate surface area is 116 Å². The minimum atomic E-state index is -0.355. The predicted molar refractivity (Wildman–Crippen MR) is 72.0 cm³/mol. The van der Waals surface area contributed by atoms with Crippen molar-refractivity contribution in [2.75, 3.05) is 5.32 Å². The molecule has 0 saturated heterocycles. The third-order valence-corrected chi connectivity index (χ3v) is 2.78. The molecule has 9 heteroatoms. The highest BCUT2D eigenvalue weighted by molar-refractivity contribution is 5.88. The van der Waals surface area contributed by atoms with Crippen LogP contribution >= 0.6 is 0 Å². The Morgan fingerprint density at radius 3 is 2.85 bits per heavy atom. The van der Waals surface area contributed by atoms with E-state index >= 15 is 0 Å². The van der Waals surface area contributed by atoms with Crippen molar-refractivity contribution in [3.05, 3.63) is 18.3 Å². The standard InChI is InChI=1S/C11H18N8O/c1-4-18-6-9(16-17-18)15-11(20)14-8(3)10-12-7-13-19(10)5-2/h6-8H,4-5H2,1-3H3,(H2,14,15,20). The van der Waals surface area contributed by atoms with Crippen molar-refractivity contribution in [1.29, 1.82) is 0 Å². The zero-order valence-electron chi connectivity index (χ0n) is 11.7. The molecule has 0 aliphatic rings. The van der Waals surface area contributed by atoms with Crippen molar-refractivity contribution in [3.8, 4) is 0 Å². The number of hydrogen-bond acceptors (Lipinski definition) is 5. The number of amides is 2. The van der Waals surface area contributed by atoms with Crippen LogP contribution in [0.3, 0.4) is 0 Å². The SMILES string of the molecule is CCn1cc(NC(=O)NC(C)c2ncnn2CC)nn1. The van der Waals surface area contributed by atoms with Crippen molar-refractivity contribution in [1.82, 2.24) is 35.1 Å². The maximum atomic E-state index is 11.9. The smallest absolute Gasteiger partial charge is 0.321 e. The van der Waals surface area contributed by atoms with Crippen molar-refractivity contribution in [2.45, 2.75) is 39.9 Å². The van der Waals surface area contributed by atoms with Gasteiger partial charge in [0.05, 0.1) is 12.2 Å². The molecule has 0 saturated carbocycles. The Morgan fingerprint density at radius 1 is 1.40 bits per heavy atom. The van der Waals surface area contributed by atoms with Crippen molar-refractivity contribution in [3.63, 3.8) is 0 Å². The first-order chi connectivity index (χ1) is 9.63. The highest BCUT2D eigenvalue weighted by Crippen LogP contribution is 2.08. The van der Waals surface area contributed by atoms with E-state index < -0.39 is 0 Å². The molecule has 1 unspecified atom stereocenters. The molecule has 0 aliphatic carbocycles. The molecule has 0 radical (unpaired) electrons. The number of hydrogen-bond donors (Lipinski definition) is 2. The highest BCUT2D eigenvalue weighted by Gasteiger charge is 2.15. The lowest BCUT2D eigenvalue weighted by atomic mass is 10.3. The van der Waals surface area contributed by atoms with Gasteiger partial charge in [-0.25, -0.2) is 14.5 Å². The molecule has 108 valence electrons. The van der Waals surface area contributed by atoms with E-state index in [0.717, 1.165) is 0 Å². The van der Waals surface area contributed by atoms with Gasteiger partial charge < -0.3 is 5.32 Å². The topological polar surface area (TPSA) is 103 Å². The lowest BCUT2D eigenvalue weighted by Gasteiger charge is -2.13. The first-order valence-electron chi connectivity index (χ1n) is 6.49. The first-order valence-corrected chi connectivity index (χ1v) is 6.49. The summed E-state index contributed by atoms with van der Waals surface area (Å²) in [6.45, 7) is 7.16. The van der Waals surface area contributed by atoms with Crippen LogP contribution in [-0.2, 0) is 13.1 Å². The molecule has 2 aromatic heterocycles. The molecule has 0 aromatic carbocycles. The van der Waals surface area contributed by atoms with Gasteiger partial charge in [-0.1, -0.05) is 5.21 Å². The summed E-state index contributed by atoms with van der Waals surface area (Å²) in [5.41, 5.74) is 0. The fraction of sp³-hybridized carbons (Fsp3) is 0.545. The molecule has 2 amide bonds. The van der Waals surface area contributed by atoms with E-state index in [1.165, 1.54) is 6.33 Å². The van der Waals surface area contributed by atoms with Gasteiger partial charge in [0.25, 0.3) is 0 Å². The summed E-state index contributed by atoms with van der Waals surface area (Å²) in [5.74, 6) is 1.12. The largest absolute Gasteiger partial charge is 0.328 e. The number of rotatable bonds is 5. The summed E-state index contributed by atoms with van der Waals surface area (Å²) in [7, 11) is 0. The molecule has 0 aliphatic heterocycles. The van der Waals surface area contributed by atoms with Crippen LogP contribution in [0.2, 0.25) is 0 Å². The molecular formula is C11H18N8O. The molecule has 0 bridgehead atoms. The molecule has 2 heterocycles. The molecule has 0 spiro atoms. The normalized spacial score (nSPS) is 12.2. The van der Waals surface area contributed by atoms with E-state index in [4.69, 9.17) is 0 Å². The van der Waals surface area contributed by atoms with Gasteiger partial charge in [-0.15, -0.1) is 5.10 Å².